The van der Waals surface area contributed by atoms with Crippen molar-refractivity contribution >= 4 is 22.9 Å². The largest absolute Gasteiger partial charge is 0.490 e. The van der Waals surface area contributed by atoms with Gasteiger partial charge in [0.2, 0.25) is 0 Å². The van der Waals surface area contributed by atoms with Crippen LogP contribution < -0.4 is 4.74 Å². The quantitative estimate of drug-likeness (QED) is 0.486. The number of benzene rings is 1. The third kappa shape index (κ3) is 1.31. The van der Waals surface area contributed by atoms with E-state index in [1.54, 1.807) is 6.07 Å². The first kappa shape index (κ1) is 10.2. The highest BCUT2D eigenvalue weighted by molar-refractivity contribution is 6.04. The van der Waals surface area contributed by atoms with Crippen LogP contribution >= 0.6 is 0 Å². The summed E-state index contributed by atoms with van der Waals surface area (Å²) in [6.45, 7) is 0. The molecule has 0 unspecified atom stereocenters. The fourth-order valence-corrected chi connectivity index (χ4v) is 1.65. The van der Waals surface area contributed by atoms with Crippen LogP contribution in [0.2, 0.25) is 0 Å². The van der Waals surface area contributed by atoms with E-state index in [0.29, 0.717) is 11.8 Å². The number of carbonyl (C=O) groups is 1. The number of nitrogens with zero attached hydrogens (tertiary/aromatic N) is 1. The number of nitrogens with one attached hydrogen (secondary N) is 1. The molecule has 1 aromatic carbocycles. The van der Waals surface area contributed by atoms with E-state index in [9.17, 15) is 14.9 Å². The number of aromatic amines is 1. The molecule has 0 aliphatic rings. The zero-order valence-electron chi connectivity index (χ0n) is 8.39. The Morgan fingerprint density at radius 3 is 2.81 bits per heavy atom. The number of fused-ring (bicyclic) bond motifs is 1. The molecule has 0 bridgehead atoms. The third-order valence-electron chi connectivity index (χ3n) is 2.34. The van der Waals surface area contributed by atoms with E-state index in [1.807, 2.05) is 0 Å². The summed E-state index contributed by atoms with van der Waals surface area (Å²) in [6, 6.07) is 3.12. The van der Waals surface area contributed by atoms with E-state index in [4.69, 9.17) is 4.74 Å². The van der Waals surface area contributed by atoms with Gasteiger partial charge in [0.25, 0.3) is 0 Å². The van der Waals surface area contributed by atoms with Gasteiger partial charge >= 0.3 is 5.69 Å². The molecule has 16 heavy (non-hydrogen) atoms. The minimum absolute atomic E-state index is 0.139. The molecule has 0 radical (unpaired) electrons. The van der Waals surface area contributed by atoms with E-state index in [1.165, 1.54) is 19.4 Å². The molecule has 82 valence electrons. The Hall–Kier alpha value is -2.37. The maximum atomic E-state index is 11.0. The van der Waals surface area contributed by atoms with E-state index in [0.717, 1.165) is 0 Å². The molecule has 2 rings (SSSR count). The van der Waals surface area contributed by atoms with Crippen LogP contribution in [0.15, 0.2) is 18.3 Å². The molecule has 2 aromatic rings. The summed E-state index contributed by atoms with van der Waals surface area (Å²) in [5, 5.41) is 11.2. The lowest BCUT2D eigenvalue weighted by Crippen LogP contribution is -1.95. The van der Waals surface area contributed by atoms with Gasteiger partial charge in [-0.05, 0) is 12.1 Å². The van der Waals surface area contributed by atoms with Gasteiger partial charge < -0.3 is 9.72 Å². The summed E-state index contributed by atoms with van der Waals surface area (Å²) in [7, 11) is 1.35. The van der Waals surface area contributed by atoms with Crippen molar-refractivity contribution < 1.29 is 14.5 Å². The van der Waals surface area contributed by atoms with Crippen LogP contribution in [-0.2, 0) is 0 Å². The Morgan fingerprint density at radius 1 is 1.50 bits per heavy atom. The van der Waals surface area contributed by atoms with Gasteiger partial charge in [-0.1, -0.05) is 0 Å². The fourth-order valence-electron chi connectivity index (χ4n) is 1.65. The number of nitro benzene ring substituents is 1. The Labute approximate surface area is 90.0 Å². The molecule has 0 amide bonds. The van der Waals surface area contributed by atoms with Crippen LogP contribution in [0.25, 0.3) is 10.9 Å². The SMILES string of the molecule is COc1ccc2[nH]cc(C=O)c2c1[N+](=O)[O-]. The van der Waals surface area contributed by atoms with Gasteiger partial charge in [0, 0.05) is 11.8 Å². The van der Waals surface area contributed by atoms with Crippen LogP contribution in [0, 0.1) is 10.1 Å². The number of rotatable bonds is 3. The molecule has 0 aliphatic carbocycles. The first-order valence-corrected chi connectivity index (χ1v) is 4.46. The van der Waals surface area contributed by atoms with Crippen LogP contribution in [0.5, 0.6) is 5.75 Å². The molecule has 6 nitrogen and oxygen atoms in total. The second-order valence-electron chi connectivity index (χ2n) is 3.16. The average Bonchev–Trinajstić information content (AvgIpc) is 2.69. The summed E-state index contributed by atoms with van der Waals surface area (Å²) in [4.78, 5) is 24.0. The van der Waals surface area contributed by atoms with Crippen LogP contribution in [0.3, 0.4) is 0 Å². The predicted octanol–water partition coefficient (Wildman–Crippen LogP) is 1.90. The van der Waals surface area contributed by atoms with Crippen molar-refractivity contribution in [3.63, 3.8) is 0 Å². The van der Waals surface area contributed by atoms with Crippen molar-refractivity contribution in [3.05, 3.63) is 34.0 Å². The first-order valence-electron chi connectivity index (χ1n) is 4.46. The third-order valence-corrected chi connectivity index (χ3v) is 2.34. The maximum Gasteiger partial charge on any atom is 0.320 e. The van der Waals surface area contributed by atoms with Crippen molar-refractivity contribution in [2.75, 3.05) is 7.11 Å². The fraction of sp³-hybridized carbons (Fsp3) is 0.100. The summed E-state index contributed by atoms with van der Waals surface area (Å²) >= 11 is 0. The monoisotopic (exact) mass is 220 g/mol. The number of nitro groups is 1. The minimum atomic E-state index is -0.554. The number of hydrogen-bond acceptors (Lipinski definition) is 4. The molecule has 0 fully saturated rings. The highest BCUT2D eigenvalue weighted by Gasteiger charge is 2.22. The zero-order chi connectivity index (χ0) is 11.7. The number of ether oxygens (including phenoxy) is 1. The second kappa shape index (κ2) is 3.65. The molecule has 1 heterocycles. The molecule has 0 saturated heterocycles. The number of hydrogen-bond donors (Lipinski definition) is 1. The van der Waals surface area contributed by atoms with Crippen molar-refractivity contribution in [3.8, 4) is 5.75 Å². The molecular formula is C10H8N2O4. The number of carbonyl (C=O) groups excluding carboxylic acids is 1. The summed E-state index contributed by atoms with van der Waals surface area (Å²) in [5.74, 6) is 0.139. The Morgan fingerprint density at radius 2 is 2.25 bits per heavy atom. The Kier molecular flexibility index (Phi) is 2.32. The van der Waals surface area contributed by atoms with Crippen LogP contribution in [-0.4, -0.2) is 23.3 Å². The number of methoxy groups -OCH3 is 1. The van der Waals surface area contributed by atoms with Crippen LogP contribution in [0.4, 0.5) is 5.69 Å². The zero-order valence-corrected chi connectivity index (χ0v) is 8.39. The van der Waals surface area contributed by atoms with E-state index in [2.05, 4.69) is 4.98 Å². The molecule has 0 atom stereocenters. The average molecular weight is 220 g/mol. The number of H-pyrrole nitrogens is 1. The van der Waals surface area contributed by atoms with Gasteiger partial charge in [0.15, 0.2) is 12.0 Å². The predicted molar refractivity (Wildman–Crippen MR) is 56.9 cm³/mol. The topological polar surface area (TPSA) is 85.2 Å². The lowest BCUT2D eigenvalue weighted by Gasteiger charge is -2.02. The van der Waals surface area contributed by atoms with Gasteiger partial charge in [0.1, 0.15) is 0 Å². The Bertz CT molecular complexity index is 573. The molecule has 6 heteroatoms. The standard InChI is InChI=1S/C10H8N2O4/c1-16-8-3-2-7-9(10(8)12(14)15)6(5-13)4-11-7/h2-5,11H,1H3. The first-order chi connectivity index (χ1) is 7.69. The van der Waals surface area contributed by atoms with E-state index >= 15 is 0 Å². The van der Waals surface area contributed by atoms with Crippen molar-refractivity contribution in [1.82, 2.24) is 4.98 Å². The molecular weight excluding hydrogens is 212 g/mol. The highest BCUT2D eigenvalue weighted by Crippen LogP contribution is 2.36. The van der Waals surface area contributed by atoms with E-state index < -0.39 is 4.92 Å². The molecule has 0 saturated carbocycles. The molecule has 0 spiro atoms. The molecule has 1 N–H and O–H groups in total. The lowest BCUT2D eigenvalue weighted by atomic mass is 10.1. The Balaban J connectivity index is 2.91. The summed E-state index contributed by atoms with van der Waals surface area (Å²) in [6.07, 6.45) is 2.01. The summed E-state index contributed by atoms with van der Waals surface area (Å²) < 4.78 is 4.91. The number of aldehydes is 1. The smallest absolute Gasteiger partial charge is 0.320 e. The number of aromatic nitrogens is 1. The minimum Gasteiger partial charge on any atom is -0.490 e. The van der Waals surface area contributed by atoms with Crippen LogP contribution in [0.1, 0.15) is 10.4 Å². The maximum absolute atomic E-state index is 11.0. The second-order valence-corrected chi connectivity index (χ2v) is 3.16. The van der Waals surface area contributed by atoms with Gasteiger partial charge in [0.05, 0.1) is 22.9 Å². The van der Waals surface area contributed by atoms with Crippen molar-refractivity contribution in [2.24, 2.45) is 0 Å². The van der Waals surface area contributed by atoms with Gasteiger partial charge in [-0.25, -0.2) is 0 Å². The molecule has 1 aromatic heterocycles. The lowest BCUT2D eigenvalue weighted by molar-refractivity contribution is -0.383. The van der Waals surface area contributed by atoms with Gasteiger partial charge in [-0.3, -0.25) is 14.9 Å². The molecule has 0 aliphatic heterocycles. The van der Waals surface area contributed by atoms with Crippen molar-refractivity contribution in [2.45, 2.75) is 0 Å². The summed E-state index contributed by atoms with van der Waals surface area (Å²) in [5.41, 5.74) is 0.596. The van der Waals surface area contributed by atoms with Gasteiger partial charge in [-0.15, -0.1) is 0 Å². The van der Waals surface area contributed by atoms with Gasteiger partial charge in [-0.2, -0.15) is 0 Å². The van der Waals surface area contributed by atoms with E-state index in [-0.39, 0.29) is 22.4 Å². The van der Waals surface area contributed by atoms with Crippen molar-refractivity contribution in [1.29, 1.82) is 0 Å². The normalized spacial score (nSPS) is 10.3. The highest BCUT2D eigenvalue weighted by atomic mass is 16.6.